The summed E-state index contributed by atoms with van der Waals surface area (Å²) in [5, 5.41) is 0.244. The van der Waals surface area contributed by atoms with Crippen molar-refractivity contribution in [2.75, 3.05) is 11.5 Å². The Hall–Kier alpha value is -2.95. The predicted octanol–water partition coefficient (Wildman–Crippen LogP) is 3.32. The summed E-state index contributed by atoms with van der Waals surface area (Å²) in [6, 6.07) is 10.1. The van der Waals surface area contributed by atoms with Gasteiger partial charge in [-0.1, -0.05) is 40.8 Å². The molecule has 0 bridgehead atoms. The maximum Gasteiger partial charge on any atom is 0.326 e. The molecular formula is C23H18ClN3O5S2. The van der Waals surface area contributed by atoms with Crippen molar-refractivity contribution in [1.82, 2.24) is 9.55 Å². The largest absolute Gasteiger partial charge is 0.465 e. The van der Waals surface area contributed by atoms with E-state index in [1.165, 1.54) is 9.47 Å². The Morgan fingerprint density at radius 3 is 2.59 bits per heavy atom. The number of amides is 2. The first kappa shape index (κ1) is 22.8. The average Bonchev–Trinajstić information content (AvgIpc) is 3.27. The number of hydrogen-bond donors (Lipinski definition) is 0. The second-order valence-corrected chi connectivity index (χ2v) is 10.3. The van der Waals surface area contributed by atoms with Gasteiger partial charge in [-0.3, -0.25) is 28.7 Å². The zero-order valence-electron chi connectivity index (χ0n) is 17.8. The van der Waals surface area contributed by atoms with Crippen LogP contribution in [0.5, 0.6) is 0 Å². The van der Waals surface area contributed by atoms with Gasteiger partial charge in [0.25, 0.3) is 0 Å². The summed E-state index contributed by atoms with van der Waals surface area (Å²) in [6.07, 6.45) is 3.26. The van der Waals surface area contributed by atoms with Gasteiger partial charge in [0.05, 0.1) is 23.2 Å². The number of pyridine rings is 1. The highest BCUT2D eigenvalue weighted by Gasteiger charge is 2.56. The number of anilines is 1. The maximum absolute atomic E-state index is 13.7. The molecular weight excluding hydrogens is 498 g/mol. The Kier molecular flexibility index (Phi) is 6.05. The molecule has 174 valence electrons. The van der Waals surface area contributed by atoms with E-state index in [-0.39, 0.29) is 29.8 Å². The first-order chi connectivity index (χ1) is 16.4. The van der Waals surface area contributed by atoms with Gasteiger partial charge < -0.3 is 4.74 Å². The van der Waals surface area contributed by atoms with Crippen LogP contribution >= 0.6 is 34.7 Å². The summed E-state index contributed by atoms with van der Waals surface area (Å²) in [6.45, 7) is 1.63. The van der Waals surface area contributed by atoms with E-state index in [9.17, 15) is 19.2 Å². The molecule has 0 spiro atoms. The van der Waals surface area contributed by atoms with Crippen LogP contribution in [0, 0.1) is 5.92 Å². The first-order valence-corrected chi connectivity index (χ1v) is 12.6. The molecule has 11 heteroatoms. The van der Waals surface area contributed by atoms with Crippen LogP contribution in [0.15, 0.2) is 58.6 Å². The maximum atomic E-state index is 13.7. The number of imide groups is 1. The summed E-state index contributed by atoms with van der Waals surface area (Å²) in [7, 11) is 0. The van der Waals surface area contributed by atoms with E-state index in [1.54, 1.807) is 49.6 Å². The van der Waals surface area contributed by atoms with Crippen molar-refractivity contribution in [3.05, 3.63) is 73.9 Å². The number of nitrogens with zero attached hydrogens (tertiary/aromatic N) is 3. The number of carbonyl (C=O) groups excluding carboxylic acids is 3. The molecule has 3 atom stereocenters. The zero-order valence-corrected chi connectivity index (χ0v) is 20.2. The van der Waals surface area contributed by atoms with Gasteiger partial charge in [-0.15, -0.1) is 0 Å². The number of carbonyl (C=O) groups is 3. The molecule has 1 fully saturated rings. The third-order valence-corrected chi connectivity index (χ3v) is 8.63. The SMILES string of the molecule is CCOC(=O)Cn1c2c(sc1=O)[C@@H](c1cccnc1)[C@@H]1C(=O)N(c3ccc(Cl)cc3)C(=O)[C@@H]1S2. The molecule has 0 saturated carbocycles. The molecule has 1 aromatic carbocycles. The van der Waals surface area contributed by atoms with Gasteiger partial charge in [0.15, 0.2) is 0 Å². The minimum atomic E-state index is -0.761. The highest BCUT2D eigenvalue weighted by atomic mass is 35.5. The molecule has 1 saturated heterocycles. The molecule has 3 aromatic rings. The standard InChI is InChI=1S/C23H18ClN3O5S2/c1-2-32-15(28)11-26-22-19(34-23(26)31)16(12-4-3-9-25-10-12)17-18(33-22)21(30)27(20(17)29)14-7-5-13(24)6-8-14/h3-10,16-18H,2,11H2,1H3/t16-,17-,18+/m0/s1. The third kappa shape index (κ3) is 3.75. The van der Waals surface area contributed by atoms with E-state index >= 15 is 0 Å². The van der Waals surface area contributed by atoms with E-state index in [1.807, 2.05) is 6.07 Å². The van der Waals surface area contributed by atoms with Gasteiger partial charge in [-0.2, -0.15) is 0 Å². The van der Waals surface area contributed by atoms with E-state index in [0.29, 0.717) is 20.6 Å². The number of thioether (sulfide) groups is 1. The molecule has 5 rings (SSSR count). The summed E-state index contributed by atoms with van der Waals surface area (Å²) < 4.78 is 6.37. The number of esters is 1. The van der Waals surface area contributed by atoms with Crippen molar-refractivity contribution < 1.29 is 19.1 Å². The summed E-state index contributed by atoms with van der Waals surface area (Å²) >= 11 is 8.13. The second-order valence-electron chi connectivity index (χ2n) is 7.75. The first-order valence-electron chi connectivity index (χ1n) is 10.5. The number of fused-ring (bicyclic) bond motifs is 2. The number of hydrogen-bond acceptors (Lipinski definition) is 8. The summed E-state index contributed by atoms with van der Waals surface area (Å²) in [4.78, 5) is 57.9. The topological polar surface area (TPSA) is 98.6 Å². The summed E-state index contributed by atoms with van der Waals surface area (Å²) in [5.41, 5.74) is 1.16. The lowest BCUT2D eigenvalue weighted by molar-refractivity contribution is -0.144. The van der Waals surface area contributed by atoms with Crippen LogP contribution in [0.3, 0.4) is 0 Å². The van der Waals surface area contributed by atoms with Crippen LogP contribution in [0.4, 0.5) is 5.69 Å². The highest BCUT2D eigenvalue weighted by molar-refractivity contribution is 8.00. The lowest BCUT2D eigenvalue weighted by Crippen LogP contribution is -2.32. The van der Waals surface area contributed by atoms with Crippen LogP contribution < -0.4 is 9.77 Å². The minimum Gasteiger partial charge on any atom is -0.465 e. The number of rotatable bonds is 5. The van der Waals surface area contributed by atoms with Gasteiger partial charge in [-0.05, 0) is 42.8 Å². The van der Waals surface area contributed by atoms with Crippen LogP contribution in [-0.4, -0.2) is 39.2 Å². The minimum absolute atomic E-state index is 0.194. The smallest absolute Gasteiger partial charge is 0.326 e. The van der Waals surface area contributed by atoms with Gasteiger partial charge in [0, 0.05) is 28.2 Å². The predicted molar refractivity (Wildman–Crippen MR) is 128 cm³/mol. The normalized spacial score (nSPS) is 21.4. The van der Waals surface area contributed by atoms with Crippen molar-refractivity contribution in [1.29, 1.82) is 0 Å². The van der Waals surface area contributed by atoms with Crippen LogP contribution in [0.2, 0.25) is 5.02 Å². The molecule has 2 aromatic heterocycles. The number of aromatic nitrogens is 2. The second kappa shape index (κ2) is 9.01. The third-order valence-electron chi connectivity index (χ3n) is 5.77. The van der Waals surface area contributed by atoms with Gasteiger partial charge in [-0.25, -0.2) is 4.90 Å². The quantitative estimate of drug-likeness (QED) is 0.379. The van der Waals surface area contributed by atoms with Gasteiger partial charge in [0.2, 0.25) is 11.8 Å². The van der Waals surface area contributed by atoms with Gasteiger partial charge in [0.1, 0.15) is 11.8 Å². The molecule has 4 heterocycles. The molecule has 2 amide bonds. The number of halogens is 1. The van der Waals surface area contributed by atoms with Crippen molar-refractivity contribution in [2.45, 2.75) is 29.7 Å². The zero-order chi connectivity index (χ0) is 24.0. The fourth-order valence-electron chi connectivity index (χ4n) is 4.35. The molecule has 2 aliphatic heterocycles. The summed E-state index contributed by atoms with van der Waals surface area (Å²) in [5.74, 6) is -2.53. The highest BCUT2D eigenvalue weighted by Crippen LogP contribution is 2.53. The monoisotopic (exact) mass is 515 g/mol. The van der Waals surface area contributed by atoms with E-state index in [0.717, 1.165) is 28.7 Å². The molecule has 2 aliphatic rings. The molecule has 0 N–H and O–H groups in total. The Morgan fingerprint density at radius 1 is 1.15 bits per heavy atom. The Labute approximate surface area is 207 Å². The molecule has 8 nitrogen and oxygen atoms in total. The molecule has 34 heavy (non-hydrogen) atoms. The van der Waals surface area contributed by atoms with Crippen molar-refractivity contribution in [2.24, 2.45) is 5.92 Å². The van der Waals surface area contributed by atoms with Crippen molar-refractivity contribution in [3.8, 4) is 0 Å². The van der Waals surface area contributed by atoms with Gasteiger partial charge >= 0.3 is 10.8 Å². The molecule has 0 unspecified atom stereocenters. The number of benzene rings is 1. The molecule has 0 radical (unpaired) electrons. The van der Waals surface area contributed by atoms with E-state index in [2.05, 4.69) is 4.98 Å². The van der Waals surface area contributed by atoms with Crippen LogP contribution in [0.1, 0.15) is 23.3 Å². The van der Waals surface area contributed by atoms with Crippen molar-refractivity contribution >= 4 is 58.2 Å². The number of ether oxygens (including phenoxy) is 1. The lowest BCUT2D eigenvalue weighted by Gasteiger charge is -2.30. The Balaban J connectivity index is 1.63. The van der Waals surface area contributed by atoms with Crippen molar-refractivity contribution in [3.63, 3.8) is 0 Å². The average molecular weight is 516 g/mol. The van der Waals surface area contributed by atoms with E-state index in [4.69, 9.17) is 16.3 Å². The fraction of sp³-hybridized carbons (Fsp3) is 0.261. The van der Waals surface area contributed by atoms with Crippen LogP contribution in [0.25, 0.3) is 0 Å². The Morgan fingerprint density at radius 2 is 1.91 bits per heavy atom. The Bertz CT molecular complexity index is 1340. The fourth-order valence-corrected chi connectivity index (χ4v) is 7.25. The van der Waals surface area contributed by atoms with Crippen LogP contribution in [-0.2, 0) is 25.7 Å². The molecule has 0 aliphatic carbocycles. The lowest BCUT2D eigenvalue weighted by atomic mass is 9.84. The van der Waals surface area contributed by atoms with E-state index < -0.39 is 23.1 Å². The number of thiazole rings is 1.